The molecule has 0 fully saturated rings. The average Bonchev–Trinajstić information content (AvgIpc) is 2.76. The molecule has 36 heavy (non-hydrogen) atoms. The standard InChI is InChI=1S/C31H54N2O3/c1-11-24(6)21-27(20-22(2)3)28(34)25-12-14-26(15-13-25)29(35)33-30(7,8)17-19-36-31(9,10)16-18-32-23(4)5/h12-15,22-24,27,32H,11,16-21H2,1-10H3,(H,33,35). The summed E-state index contributed by atoms with van der Waals surface area (Å²) in [6.07, 6.45) is 4.53. The number of ketones is 1. The summed E-state index contributed by atoms with van der Waals surface area (Å²) >= 11 is 0. The van der Waals surface area contributed by atoms with E-state index in [0.717, 1.165) is 32.2 Å². The first-order chi connectivity index (χ1) is 16.7. The minimum atomic E-state index is -0.406. The quantitative estimate of drug-likeness (QED) is 0.224. The van der Waals surface area contributed by atoms with Crippen LogP contribution in [0.15, 0.2) is 24.3 Å². The van der Waals surface area contributed by atoms with Crippen molar-refractivity contribution in [3.8, 4) is 0 Å². The SMILES string of the molecule is CCC(C)CC(CC(C)C)C(=O)c1ccc(C(=O)NC(C)(C)CCOC(C)(C)CCNC(C)C)cc1. The summed E-state index contributed by atoms with van der Waals surface area (Å²) in [7, 11) is 0. The highest BCUT2D eigenvalue weighted by atomic mass is 16.5. The van der Waals surface area contributed by atoms with E-state index < -0.39 is 5.54 Å². The van der Waals surface area contributed by atoms with Crippen molar-refractivity contribution in [2.24, 2.45) is 17.8 Å². The van der Waals surface area contributed by atoms with Crippen LogP contribution in [0.1, 0.15) is 122 Å². The molecule has 0 aromatic heterocycles. The van der Waals surface area contributed by atoms with Crippen LogP contribution >= 0.6 is 0 Å². The van der Waals surface area contributed by atoms with Crippen LogP contribution in [-0.2, 0) is 4.74 Å². The molecule has 5 heteroatoms. The number of carbonyl (C=O) groups is 2. The van der Waals surface area contributed by atoms with Gasteiger partial charge in [0.1, 0.15) is 0 Å². The largest absolute Gasteiger partial charge is 0.375 e. The Kier molecular flexibility index (Phi) is 13.4. The Hall–Kier alpha value is -1.72. The molecule has 0 aliphatic rings. The lowest BCUT2D eigenvalue weighted by Gasteiger charge is -2.30. The van der Waals surface area contributed by atoms with Gasteiger partial charge in [-0.2, -0.15) is 0 Å². The Labute approximate surface area is 221 Å². The fourth-order valence-electron chi connectivity index (χ4n) is 4.31. The highest BCUT2D eigenvalue weighted by molar-refractivity contribution is 6.00. The average molecular weight is 503 g/mol. The van der Waals surface area contributed by atoms with E-state index in [0.29, 0.717) is 42.0 Å². The van der Waals surface area contributed by atoms with Crippen LogP contribution in [0.4, 0.5) is 0 Å². The summed E-state index contributed by atoms with van der Waals surface area (Å²) in [5, 5.41) is 6.56. The van der Waals surface area contributed by atoms with Gasteiger partial charge in [-0.3, -0.25) is 9.59 Å². The van der Waals surface area contributed by atoms with Crippen LogP contribution < -0.4 is 10.6 Å². The summed E-state index contributed by atoms with van der Waals surface area (Å²) in [5.74, 6) is 1.10. The van der Waals surface area contributed by atoms with E-state index in [4.69, 9.17) is 4.74 Å². The zero-order chi connectivity index (χ0) is 27.5. The number of amides is 1. The molecular formula is C31H54N2O3. The molecular weight excluding hydrogens is 448 g/mol. The smallest absolute Gasteiger partial charge is 0.251 e. The Bertz CT molecular complexity index is 797. The second-order valence-corrected chi connectivity index (χ2v) is 12.6. The van der Waals surface area contributed by atoms with E-state index in [1.54, 1.807) is 12.1 Å². The topological polar surface area (TPSA) is 67.4 Å². The van der Waals surface area contributed by atoms with Gasteiger partial charge < -0.3 is 15.4 Å². The van der Waals surface area contributed by atoms with E-state index in [2.05, 4.69) is 66.0 Å². The van der Waals surface area contributed by atoms with Gasteiger partial charge in [0.25, 0.3) is 5.91 Å². The van der Waals surface area contributed by atoms with E-state index in [-0.39, 0.29) is 23.2 Å². The number of Topliss-reactive ketones (excluding diaryl/α,β-unsaturated/α-hetero) is 1. The maximum Gasteiger partial charge on any atom is 0.251 e. The number of nitrogens with one attached hydrogen (secondary N) is 2. The zero-order valence-electron chi connectivity index (χ0n) is 24.8. The van der Waals surface area contributed by atoms with E-state index >= 15 is 0 Å². The number of hydrogen-bond acceptors (Lipinski definition) is 4. The summed E-state index contributed by atoms with van der Waals surface area (Å²) in [6.45, 7) is 22.8. The molecule has 1 aromatic carbocycles. The van der Waals surface area contributed by atoms with Gasteiger partial charge in [-0.15, -0.1) is 0 Å². The molecule has 2 N–H and O–H groups in total. The van der Waals surface area contributed by atoms with Crippen molar-refractivity contribution in [3.05, 3.63) is 35.4 Å². The molecule has 0 saturated heterocycles. The van der Waals surface area contributed by atoms with Crippen LogP contribution in [0, 0.1) is 17.8 Å². The van der Waals surface area contributed by atoms with E-state index in [9.17, 15) is 9.59 Å². The second-order valence-electron chi connectivity index (χ2n) is 12.6. The molecule has 1 aromatic rings. The van der Waals surface area contributed by atoms with E-state index in [1.165, 1.54) is 0 Å². The van der Waals surface area contributed by atoms with Gasteiger partial charge in [-0.1, -0.05) is 60.1 Å². The maximum atomic E-state index is 13.2. The third-order valence-electron chi connectivity index (χ3n) is 6.89. The minimum absolute atomic E-state index is 0.0314. The van der Waals surface area contributed by atoms with Crippen molar-refractivity contribution in [3.63, 3.8) is 0 Å². The third-order valence-corrected chi connectivity index (χ3v) is 6.89. The van der Waals surface area contributed by atoms with Crippen molar-refractivity contribution in [1.29, 1.82) is 0 Å². The van der Waals surface area contributed by atoms with Crippen molar-refractivity contribution >= 4 is 11.7 Å². The summed E-state index contributed by atoms with van der Waals surface area (Å²) < 4.78 is 6.13. The molecule has 1 rings (SSSR count). The molecule has 0 bridgehead atoms. The minimum Gasteiger partial charge on any atom is -0.375 e. The summed E-state index contributed by atoms with van der Waals surface area (Å²) in [6, 6.07) is 7.63. The Morgan fingerprint density at radius 1 is 0.889 bits per heavy atom. The predicted molar refractivity (Wildman–Crippen MR) is 152 cm³/mol. The van der Waals surface area contributed by atoms with E-state index in [1.807, 2.05) is 26.0 Å². The molecule has 0 aliphatic carbocycles. The maximum absolute atomic E-state index is 13.2. The van der Waals surface area contributed by atoms with Crippen LogP contribution in [-0.4, -0.2) is 42.0 Å². The Morgan fingerprint density at radius 3 is 2.00 bits per heavy atom. The van der Waals surface area contributed by atoms with Gasteiger partial charge in [0, 0.05) is 35.2 Å². The van der Waals surface area contributed by atoms with Crippen LogP contribution in [0.25, 0.3) is 0 Å². The van der Waals surface area contributed by atoms with Crippen molar-refractivity contribution in [2.45, 2.75) is 119 Å². The highest BCUT2D eigenvalue weighted by Crippen LogP contribution is 2.26. The Morgan fingerprint density at radius 2 is 1.47 bits per heavy atom. The lowest BCUT2D eigenvalue weighted by atomic mass is 9.82. The summed E-state index contributed by atoms with van der Waals surface area (Å²) in [4.78, 5) is 26.1. The lowest BCUT2D eigenvalue weighted by Crippen LogP contribution is -2.45. The van der Waals surface area contributed by atoms with Gasteiger partial charge in [0.15, 0.2) is 5.78 Å². The second kappa shape index (κ2) is 14.9. The molecule has 206 valence electrons. The first-order valence-corrected chi connectivity index (χ1v) is 14.0. The fourth-order valence-corrected chi connectivity index (χ4v) is 4.31. The molecule has 0 radical (unpaired) electrons. The van der Waals surface area contributed by atoms with Crippen molar-refractivity contribution in [1.82, 2.24) is 10.6 Å². The molecule has 2 unspecified atom stereocenters. The lowest BCUT2D eigenvalue weighted by molar-refractivity contribution is -0.0301. The Balaban J connectivity index is 2.69. The monoisotopic (exact) mass is 502 g/mol. The van der Waals surface area contributed by atoms with Crippen molar-refractivity contribution < 1.29 is 14.3 Å². The first-order valence-electron chi connectivity index (χ1n) is 14.0. The van der Waals surface area contributed by atoms with Crippen LogP contribution in [0.3, 0.4) is 0 Å². The fraction of sp³-hybridized carbons (Fsp3) is 0.742. The molecule has 5 nitrogen and oxygen atoms in total. The molecule has 0 saturated carbocycles. The molecule has 0 spiro atoms. The number of ether oxygens (including phenoxy) is 1. The predicted octanol–water partition coefficient (Wildman–Crippen LogP) is 7.05. The molecule has 2 atom stereocenters. The number of rotatable bonds is 17. The zero-order valence-corrected chi connectivity index (χ0v) is 24.8. The highest BCUT2D eigenvalue weighted by Gasteiger charge is 2.26. The van der Waals surface area contributed by atoms with Crippen LogP contribution in [0.2, 0.25) is 0 Å². The van der Waals surface area contributed by atoms with Gasteiger partial charge in [-0.05, 0) is 83.9 Å². The number of carbonyl (C=O) groups excluding carboxylic acids is 2. The summed E-state index contributed by atoms with van der Waals surface area (Å²) in [5.41, 5.74) is 0.647. The first kappa shape index (κ1) is 32.3. The normalized spacial score (nSPS) is 14.2. The molecule has 1 amide bonds. The number of benzene rings is 1. The molecule has 0 aliphatic heterocycles. The van der Waals surface area contributed by atoms with Gasteiger partial charge >= 0.3 is 0 Å². The third kappa shape index (κ3) is 12.5. The van der Waals surface area contributed by atoms with Gasteiger partial charge in [0.05, 0.1) is 5.60 Å². The van der Waals surface area contributed by atoms with Crippen molar-refractivity contribution in [2.75, 3.05) is 13.2 Å². The molecule has 0 heterocycles. The van der Waals surface area contributed by atoms with Gasteiger partial charge in [-0.25, -0.2) is 0 Å². The van der Waals surface area contributed by atoms with Gasteiger partial charge in [0.2, 0.25) is 0 Å². The number of hydrogen-bond donors (Lipinski definition) is 2. The van der Waals surface area contributed by atoms with Crippen LogP contribution in [0.5, 0.6) is 0 Å².